The maximum Gasteiger partial charge on any atom is 0.289 e. The van der Waals surface area contributed by atoms with Crippen LogP contribution in [0.15, 0.2) is 52.1 Å². The molecule has 0 bridgehead atoms. The Hall–Kier alpha value is -2.00. The molecule has 0 aliphatic carbocycles. The van der Waals surface area contributed by atoms with Gasteiger partial charge in [0.1, 0.15) is 0 Å². The van der Waals surface area contributed by atoms with Gasteiger partial charge in [-0.1, -0.05) is 15.9 Å². The second-order valence-electron chi connectivity index (χ2n) is 3.71. The van der Waals surface area contributed by atoms with E-state index < -0.39 is 25.5 Å². The van der Waals surface area contributed by atoms with Crippen molar-refractivity contribution in [3.05, 3.63) is 57.3 Å². The predicted octanol–water partition coefficient (Wildman–Crippen LogP) is 2.55. The fraction of sp³-hybridized carbons (Fsp3) is 0. The molecule has 1 aromatic carbocycles. The minimum Gasteiger partial charge on any atom is -0.279 e. The Morgan fingerprint density at radius 2 is 1.85 bits per heavy atom. The third-order valence-corrected chi connectivity index (χ3v) is 4.24. The molecule has 20 heavy (non-hydrogen) atoms. The van der Waals surface area contributed by atoms with Gasteiger partial charge in [-0.25, -0.2) is 8.42 Å². The maximum atomic E-state index is 12.2. The second kappa shape index (κ2) is 5.55. The molecule has 0 aliphatic heterocycles. The van der Waals surface area contributed by atoms with E-state index in [-0.39, 0.29) is 5.69 Å². The molecule has 1 heterocycles. The summed E-state index contributed by atoms with van der Waals surface area (Å²) in [7, 11) is -4.06. The Balaban J connectivity index is 2.49. The predicted molar refractivity (Wildman–Crippen MR) is 75.8 cm³/mol. The normalized spacial score (nSPS) is 11.1. The molecular weight excluding hydrogens is 350 g/mol. The molecule has 0 radical (unpaired) electrons. The molecular formula is C11H8BrN3O4S. The van der Waals surface area contributed by atoms with Crippen molar-refractivity contribution in [2.45, 2.75) is 4.90 Å². The van der Waals surface area contributed by atoms with Crippen molar-refractivity contribution in [3.63, 3.8) is 0 Å². The fourth-order valence-corrected chi connectivity index (χ4v) is 3.25. The molecule has 0 unspecified atom stereocenters. The summed E-state index contributed by atoms with van der Waals surface area (Å²) in [5, 5.41) is 10.9. The number of nitrogens with zero attached hydrogens (tertiary/aromatic N) is 2. The first-order valence-electron chi connectivity index (χ1n) is 5.27. The molecule has 1 aromatic heterocycles. The minimum atomic E-state index is -4.06. The van der Waals surface area contributed by atoms with Crippen LogP contribution in [0.25, 0.3) is 0 Å². The van der Waals surface area contributed by atoms with Crippen LogP contribution < -0.4 is 4.72 Å². The Morgan fingerprint density at radius 3 is 2.45 bits per heavy atom. The summed E-state index contributed by atoms with van der Waals surface area (Å²) in [6.07, 6.45) is 2.82. The van der Waals surface area contributed by atoms with Gasteiger partial charge in [-0.3, -0.25) is 19.8 Å². The average molecular weight is 358 g/mol. The summed E-state index contributed by atoms with van der Waals surface area (Å²) in [5.41, 5.74) is -0.218. The third kappa shape index (κ3) is 3.11. The van der Waals surface area contributed by atoms with Crippen LogP contribution in [0.1, 0.15) is 0 Å². The monoisotopic (exact) mass is 357 g/mol. The van der Waals surface area contributed by atoms with E-state index in [1.54, 1.807) is 0 Å². The molecule has 0 amide bonds. The molecule has 7 nitrogen and oxygen atoms in total. The van der Waals surface area contributed by atoms with Crippen molar-refractivity contribution in [3.8, 4) is 0 Å². The first-order chi connectivity index (χ1) is 9.40. The van der Waals surface area contributed by atoms with E-state index in [9.17, 15) is 18.5 Å². The van der Waals surface area contributed by atoms with Crippen LogP contribution in [-0.2, 0) is 10.0 Å². The molecule has 1 N–H and O–H groups in total. The summed E-state index contributed by atoms with van der Waals surface area (Å²) in [6, 6.07) is 6.61. The van der Waals surface area contributed by atoms with Crippen LogP contribution >= 0.6 is 15.9 Å². The molecule has 0 fully saturated rings. The largest absolute Gasteiger partial charge is 0.289 e. The maximum absolute atomic E-state index is 12.2. The highest BCUT2D eigenvalue weighted by molar-refractivity contribution is 9.10. The Morgan fingerprint density at radius 1 is 1.20 bits per heavy atom. The lowest BCUT2D eigenvalue weighted by molar-refractivity contribution is -0.387. The summed E-state index contributed by atoms with van der Waals surface area (Å²) in [4.78, 5) is 13.5. The zero-order valence-electron chi connectivity index (χ0n) is 9.86. The molecule has 9 heteroatoms. The van der Waals surface area contributed by atoms with E-state index in [2.05, 4.69) is 25.6 Å². The van der Waals surface area contributed by atoms with Gasteiger partial charge < -0.3 is 0 Å². The highest BCUT2D eigenvalue weighted by Gasteiger charge is 2.26. The average Bonchev–Trinajstić information content (AvgIpc) is 2.39. The van der Waals surface area contributed by atoms with Gasteiger partial charge in [-0.2, -0.15) is 0 Å². The van der Waals surface area contributed by atoms with Crippen molar-refractivity contribution >= 4 is 37.3 Å². The van der Waals surface area contributed by atoms with Crippen LogP contribution in [0.5, 0.6) is 0 Å². The van der Waals surface area contributed by atoms with Gasteiger partial charge in [-0.05, 0) is 24.3 Å². The number of aromatic nitrogens is 1. The van der Waals surface area contributed by atoms with Crippen molar-refractivity contribution in [1.29, 1.82) is 0 Å². The molecule has 2 aromatic rings. The number of sulfonamides is 1. The van der Waals surface area contributed by atoms with Crippen molar-refractivity contribution < 1.29 is 13.3 Å². The first kappa shape index (κ1) is 14.4. The minimum absolute atomic E-state index is 0.272. The van der Waals surface area contributed by atoms with Crippen LogP contribution in [0.3, 0.4) is 0 Å². The van der Waals surface area contributed by atoms with E-state index in [4.69, 9.17) is 0 Å². The molecule has 0 aliphatic rings. The molecule has 0 spiro atoms. The number of anilines is 1. The van der Waals surface area contributed by atoms with Gasteiger partial charge in [-0.15, -0.1) is 0 Å². The quantitative estimate of drug-likeness (QED) is 0.668. The van der Waals surface area contributed by atoms with Gasteiger partial charge in [0.2, 0.25) is 0 Å². The highest BCUT2D eigenvalue weighted by atomic mass is 79.9. The Kier molecular flexibility index (Phi) is 4.00. The van der Waals surface area contributed by atoms with Crippen molar-refractivity contribution in [2.24, 2.45) is 0 Å². The summed E-state index contributed by atoms with van der Waals surface area (Å²) >= 11 is 3.10. The SMILES string of the molecule is O=[N+]([O-])c1ccc(Br)cc1S(=O)(=O)Nc1ccncc1. The van der Waals surface area contributed by atoms with Crippen LogP contribution in [0.4, 0.5) is 11.4 Å². The zero-order chi connectivity index (χ0) is 14.8. The van der Waals surface area contributed by atoms with Crippen LogP contribution in [0, 0.1) is 10.1 Å². The lowest BCUT2D eigenvalue weighted by Gasteiger charge is -2.08. The lowest BCUT2D eigenvalue weighted by Crippen LogP contribution is -2.14. The number of pyridine rings is 1. The lowest BCUT2D eigenvalue weighted by atomic mass is 10.3. The number of nitro groups is 1. The Bertz CT molecular complexity index is 750. The topological polar surface area (TPSA) is 102 Å². The van der Waals surface area contributed by atoms with Gasteiger partial charge in [0.15, 0.2) is 4.90 Å². The van der Waals surface area contributed by atoms with Crippen molar-refractivity contribution in [1.82, 2.24) is 4.98 Å². The van der Waals surface area contributed by atoms with E-state index >= 15 is 0 Å². The second-order valence-corrected chi connectivity index (χ2v) is 6.28. The van der Waals surface area contributed by atoms with E-state index in [1.807, 2.05) is 0 Å². The number of hydrogen-bond acceptors (Lipinski definition) is 5. The van der Waals surface area contributed by atoms with E-state index in [0.717, 1.165) is 6.07 Å². The van der Waals surface area contributed by atoms with Gasteiger partial charge in [0, 0.05) is 22.9 Å². The fourth-order valence-electron chi connectivity index (χ4n) is 1.48. The number of nitrogens with one attached hydrogen (secondary N) is 1. The highest BCUT2D eigenvalue weighted by Crippen LogP contribution is 2.28. The summed E-state index contributed by atoms with van der Waals surface area (Å²) in [6.45, 7) is 0. The summed E-state index contributed by atoms with van der Waals surface area (Å²) < 4.78 is 27.1. The van der Waals surface area contributed by atoms with Crippen LogP contribution in [-0.4, -0.2) is 18.3 Å². The molecule has 2 rings (SSSR count). The van der Waals surface area contributed by atoms with Crippen LogP contribution in [0.2, 0.25) is 0 Å². The van der Waals surface area contributed by atoms with E-state index in [0.29, 0.717) is 4.47 Å². The van der Waals surface area contributed by atoms with Gasteiger partial charge in [0.25, 0.3) is 15.7 Å². The number of hydrogen-bond donors (Lipinski definition) is 1. The standard InChI is InChI=1S/C11H8BrN3O4S/c12-8-1-2-10(15(16)17)11(7-8)20(18,19)14-9-3-5-13-6-4-9/h1-7H,(H,13,14). The van der Waals surface area contributed by atoms with Crippen molar-refractivity contribution in [2.75, 3.05) is 4.72 Å². The zero-order valence-corrected chi connectivity index (χ0v) is 12.3. The van der Waals surface area contributed by atoms with E-state index in [1.165, 1.54) is 36.7 Å². The summed E-state index contributed by atoms with van der Waals surface area (Å²) in [5.74, 6) is 0. The number of benzene rings is 1. The molecule has 0 saturated carbocycles. The number of nitro benzene ring substituents is 1. The van der Waals surface area contributed by atoms with Gasteiger partial charge >= 0.3 is 0 Å². The molecule has 104 valence electrons. The number of rotatable bonds is 4. The smallest absolute Gasteiger partial charge is 0.279 e. The first-order valence-corrected chi connectivity index (χ1v) is 7.54. The Labute approximate surface area is 123 Å². The molecule has 0 atom stereocenters. The molecule has 0 saturated heterocycles. The van der Waals surface area contributed by atoms with Gasteiger partial charge in [0.05, 0.1) is 10.6 Å². The third-order valence-electron chi connectivity index (χ3n) is 2.34. The number of halogens is 1.